The van der Waals surface area contributed by atoms with Gasteiger partial charge in [0.2, 0.25) is 0 Å². The number of esters is 1. The maximum atomic E-state index is 13.6. The lowest BCUT2D eigenvalue weighted by Gasteiger charge is -2.15. The number of thioether (sulfide) groups is 1. The van der Waals surface area contributed by atoms with Crippen LogP contribution in [0.3, 0.4) is 0 Å². The first-order valence-electron chi connectivity index (χ1n) is 9.34. The highest BCUT2D eigenvalue weighted by molar-refractivity contribution is 7.99. The van der Waals surface area contributed by atoms with Crippen LogP contribution < -0.4 is 5.56 Å². The molecule has 2 aromatic heterocycles. The van der Waals surface area contributed by atoms with Gasteiger partial charge in [-0.3, -0.25) is 14.2 Å². The molecule has 0 saturated heterocycles. The van der Waals surface area contributed by atoms with Gasteiger partial charge in [0, 0.05) is 4.88 Å². The second kappa shape index (κ2) is 7.72. The molecule has 0 N–H and O–H groups in total. The maximum Gasteiger partial charge on any atom is 0.316 e. The van der Waals surface area contributed by atoms with Crippen molar-refractivity contribution in [1.82, 2.24) is 9.55 Å². The number of aromatic nitrogens is 2. The van der Waals surface area contributed by atoms with E-state index in [1.807, 2.05) is 26.0 Å². The number of aryl methyl sites for hydroxylation is 4. The predicted octanol–water partition coefficient (Wildman–Crippen LogP) is 4.21. The number of nitrogens with zero attached hydrogens (tertiary/aromatic N) is 2. The van der Waals surface area contributed by atoms with Gasteiger partial charge in [0.25, 0.3) is 5.56 Å². The van der Waals surface area contributed by atoms with Crippen LogP contribution in [-0.4, -0.2) is 28.4 Å². The van der Waals surface area contributed by atoms with Crippen molar-refractivity contribution in [2.75, 3.05) is 12.9 Å². The lowest BCUT2D eigenvalue weighted by atomic mass is 9.97. The van der Waals surface area contributed by atoms with Gasteiger partial charge in [-0.15, -0.1) is 11.3 Å². The first kappa shape index (κ1) is 19.2. The number of carbonyl (C=O) groups is 1. The van der Waals surface area contributed by atoms with Crippen LogP contribution in [0.2, 0.25) is 0 Å². The molecule has 1 aliphatic rings. The van der Waals surface area contributed by atoms with Crippen LogP contribution in [-0.2, 0) is 22.4 Å². The van der Waals surface area contributed by atoms with Crippen LogP contribution in [0.25, 0.3) is 15.9 Å². The van der Waals surface area contributed by atoms with Crippen molar-refractivity contribution in [3.05, 3.63) is 50.1 Å². The largest absolute Gasteiger partial charge is 0.468 e. The molecule has 0 atom stereocenters. The van der Waals surface area contributed by atoms with Crippen LogP contribution >= 0.6 is 23.1 Å². The summed E-state index contributed by atoms with van der Waals surface area (Å²) in [4.78, 5) is 32.2. The Bertz CT molecular complexity index is 1130. The molecule has 0 saturated carbocycles. The molecule has 0 fully saturated rings. The summed E-state index contributed by atoms with van der Waals surface area (Å²) in [5, 5.41) is 1.29. The highest BCUT2D eigenvalue weighted by Gasteiger charge is 2.23. The summed E-state index contributed by atoms with van der Waals surface area (Å²) in [5.41, 5.74) is 4.09. The van der Waals surface area contributed by atoms with Gasteiger partial charge < -0.3 is 4.74 Å². The summed E-state index contributed by atoms with van der Waals surface area (Å²) in [6.07, 6.45) is 4.23. The van der Waals surface area contributed by atoms with Gasteiger partial charge in [-0.1, -0.05) is 29.5 Å². The molecule has 4 rings (SSSR count). The van der Waals surface area contributed by atoms with Gasteiger partial charge in [-0.25, -0.2) is 4.98 Å². The third-order valence-corrected chi connectivity index (χ3v) is 7.20. The zero-order valence-electron chi connectivity index (χ0n) is 16.2. The van der Waals surface area contributed by atoms with Crippen LogP contribution in [0.4, 0.5) is 0 Å². The van der Waals surface area contributed by atoms with E-state index < -0.39 is 0 Å². The number of benzene rings is 1. The second-order valence-electron chi connectivity index (χ2n) is 7.08. The van der Waals surface area contributed by atoms with E-state index in [2.05, 4.69) is 6.07 Å². The van der Waals surface area contributed by atoms with E-state index in [1.54, 1.807) is 15.9 Å². The number of carbonyl (C=O) groups excluding carboxylic acids is 1. The molecule has 28 heavy (non-hydrogen) atoms. The zero-order valence-corrected chi connectivity index (χ0v) is 17.8. The van der Waals surface area contributed by atoms with Crippen molar-refractivity contribution in [3.8, 4) is 5.69 Å². The Hall–Kier alpha value is -2.12. The fraction of sp³-hybridized carbons (Fsp3) is 0.381. The Balaban J connectivity index is 1.96. The van der Waals surface area contributed by atoms with Crippen molar-refractivity contribution < 1.29 is 9.53 Å². The van der Waals surface area contributed by atoms with Gasteiger partial charge in [0.05, 0.1) is 23.9 Å². The molecule has 0 spiro atoms. The Kier molecular flexibility index (Phi) is 5.29. The first-order valence-corrected chi connectivity index (χ1v) is 11.1. The van der Waals surface area contributed by atoms with Crippen LogP contribution in [0.1, 0.15) is 34.4 Å². The highest BCUT2D eigenvalue weighted by atomic mass is 32.2. The molecule has 3 aromatic rings. The molecule has 0 bridgehead atoms. The number of rotatable bonds is 4. The molecule has 0 aliphatic heterocycles. The number of thiophene rings is 1. The number of hydrogen-bond donors (Lipinski definition) is 0. The van der Waals surface area contributed by atoms with Crippen molar-refractivity contribution >= 4 is 39.3 Å². The summed E-state index contributed by atoms with van der Waals surface area (Å²) in [7, 11) is 1.37. The number of hydrogen-bond acceptors (Lipinski definition) is 6. The van der Waals surface area contributed by atoms with Crippen molar-refractivity contribution in [2.24, 2.45) is 0 Å². The maximum absolute atomic E-state index is 13.6. The predicted molar refractivity (Wildman–Crippen MR) is 114 cm³/mol. The Labute approximate surface area is 171 Å². The van der Waals surface area contributed by atoms with E-state index in [-0.39, 0.29) is 17.3 Å². The standard InChI is InChI=1S/C21H22N2O3S2/c1-12-8-9-15(13(2)10-12)23-20(25)18-14-6-4-5-7-16(14)28-19(18)22-21(23)27-11-17(24)26-3/h8-10H,4-7,11H2,1-3H3. The van der Waals surface area contributed by atoms with Gasteiger partial charge in [0.15, 0.2) is 5.16 Å². The van der Waals surface area contributed by atoms with Crippen molar-refractivity contribution in [2.45, 2.75) is 44.7 Å². The van der Waals surface area contributed by atoms with Crippen LogP contribution in [0.5, 0.6) is 0 Å². The van der Waals surface area contributed by atoms with E-state index in [9.17, 15) is 9.59 Å². The molecule has 146 valence electrons. The van der Waals surface area contributed by atoms with E-state index in [4.69, 9.17) is 9.72 Å². The SMILES string of the molecule is COC(=O)CSc1nc2sc3c(c2c(=O)n1-c1ccc(C)cc1C)CCCC3. The fourth-order valence-electron chi connectivity index (χ4n) is 3.73. The second-order valence-corrected chi connectivity index (χ2v) is 9.11. The van der Waals surface area contributed by atoms with Crippen molar-refractivity contribution in [1.29, 1.82) is 0 Å². The summed E-state index contributed by atoms with van der Waals surface area (Å²) in [6, 6.07) is 6.02. The van der Waals surface area contributed by atoms with Gasteiger partial charge in [-0.05, 0) is 56.7 Å². The minimum absolute atomic E-state index is 0.0382. The van der Waals surface area contributed by atoms with Gasteiger partial charge in [0.1, 0.15) is 4.83 Å². The van der Waals surface area contributed by atoms with E-state index >= 15 is 0 Å². The van der Waals surface area contributed by atoms with E-state index in [1.165, 1.54) is 29.3 Å². The third kappa shape index (κ3) is 3.37. The molecule has 0 unspecified atom stereocenters. The minimum atomic E-state index is -0.336. The number of fused-ring (bicyclic) bond motifs is 3. The first-order chi connectivity index (χ1) is 13.5. The normalized spacial score (nSPS) is 13.5. The third-order valence-electron chi connectivity index (χ3n) is 5.10. The van der Waals surface area contributed by atoms with E-state index in [0.29, 0.717) is 5.16 Å². The average Bonchev–Trinajstić information content (AvgIpc) is 3.05. The summed E-state index contributed by atoms with van der Waals surface area (Å²) < 4.78 is 6.44. The molecule has 1 aliphatic carbocycles. The monoisotopic (exact) mass is 414 g/mol. The zero-order chi connectivity index (χ0) is 19.8. The van der Waals surface area contributed by atoms with Gasteiger partial charge >= 0.3 is 5.97 Å². The molecule has 5 nitrogen and oxygen atoms in total. The Morgan fingerprint density at radius 3 is 2.82 bits per heavy atom. The molecular weight excluding hydrogens is 392 g/mol. The Morgan fingerprint density at radius 2 is 2.07 bits per heavy atom. The fourth-order valence-corrected chi connectivity index (χ4v) is 5.87. The van der Waals surface area contributed by atoms with Crippen molar-refractivity contribution in [3.63, 3.8) is 0 Å². The topological polar surface area (TPSA) is 61.2 Å². The quantitative estimate of drug-likeness (QED) is 0.364. The lowest BCUT2D eigenvalue weighted by Crippen LogP contribution is -2.23. The smallest absolute Gasteiger partial charge is 0.316 e. The van der Waals surface area contributed by atoms with Gasteiger partial charge in [-0.2, -0.15) is 0 Å². The Morgan fingerprint density at radius 1 is 1.29 bits per heavy atom. The molecule has 0 radical (unpaired) electrons. The van der Waals surface area contributed by atoms with Crippen LogP contribution in [0, 0.1) is 13.8 Å². The summed E-state index contributed by atoms with van der Waals surface area (Å²) in [6.45, 7) is 4.03. The molecule has 7 heteroatoms. The highest BCUT2D eigenvalue weighted by Crippen LogP contribution is 2.35. The lowest BCUT2D eigenvalue weighted by molar-refractivity contribution is -0.137. The minimum Gasteiger partial charge on any atom is -0.468 e. The average molecular weight is 415 g/mol. The molecule has 2 heterocycles. The molecular formula is C21H22N2O3S2. The molecule has 1 aromatic carbocycles. The number of methoxy groups -OCH3 is 1. The van der Waals surface area contributed by atoms with E-state index in [0.717, 1.165) is 52.7 Å². The van der Waals surface area contributed by atoms with Crippen LogP contribution in [0.15, 0.2) is 28.2 Å². The summed E-state index contributed by atoms with van der Waals surface area (Å²) in [5.74, 6) is -0.221. The summed E-state index contributed by atoms with van der Waals surface area (Å²) >= 11 is 2.87. The number of ether oxygens (including phenoxy) is 1. The molecule has 0 amide bonds.